The van der Waals surface area contributed by atoms with Crippen molar-refractivity contribution in [2.75, 3.05) is 13.2 Å². The molecule has 4 rings (SSSR count). The Morgan fingerprint density at radius 3 is 1.93 bits per heavy atom. The fourth-order valence-corrected chi connectivity index (χ4v) is 9.40. The second kappa shape index (κ2) is 7.80. The fourth-order valence-electron chi connectivity index (χ4n) is 4.74. The van der Waals surface area contributed by atoms with Gasteiger partial charge < -0.3 is 13.9 Å². The highest BCUT2D eigenvalue weighted by molar-refractivity contribution is 6.99. The first kappa shape index (κ1) is 20.5. The monoisotopic (exact) mass is 410 g/mol. The van der Waals surface area contributed by atoms with Crippen molar-refractivity contribution < 1.29 is 18.7 Å². The van der Waals surface area contributed by atoms with E-state index in [1.54, 1.807) is 0 Å². The minimum atomic E-state index is -2.78. The minimum absolute atomic E-state index is 0.155. The molecule has 1 atom stereocenters. The predicted octanol–water partition coefficient (Wildman–Crippen LogP) is 3.43. The Morgan fingerprint density at radius 1 is 0.931 bits per heavy atom. The first-order valence-electron chi connectivity index (χ1n) is 10.5. The van der Waals surface area contributed by atoms with E-state index < -0.39 is 20.2 Å². The van der Waals surface area contributed by atoms with Gasteiger partial charge in [-0.2, -0.15) is 0 Å². The molecular weight excluding hydrogens is 380 g/mol. The van der Waals surface area contributed by atoms with Crippen molar-refractivity contribution in [2.24, 2.45) is 0 Å². The Bertz CT molecular complexity index is 799. The molecule has 0 N–H and O–H groups in total. The van der Waals surface area contributed by atoms with Crippen LogP contribution in [0.4, 0.5) is 0 Å². The number of benzene rings is 2. The molecule has 0 radical (unpaired) electrons. The quantitative estimate of drug-likeness (QED) is 0.725. The largest absolute Gasteiger partial charge is 0.397 e. The molecule has 1 unspecified atom stereocenters. The molecule has 2 fully saturated rings. The van der Waals surface area contributed by atoms with E-state index >= 15 is 0 Å². The molecule has 1 aliphatic heterocycles. The van der Waals surface area contributed by atoms with Crippen molar-refractivity contribution in [1.82, 2.24) is 0 Å². The molecule has 1 heterocycles. The molecule has 1 spiro atoms. The van der Waals surface area contributed by atoms with Crippen molar-refractivity contribution in [3.8, 4) is 0 Å². The molecular formula is C24H30O4Si. The fraction of sp³-hybridized carbons (Fsp3) is 0.458. The van der Waals surface area contributed by atoms with Crippen LogP contribution in [0.15, 0.2) is 60.7 Å². The number of carbonyl (C=O) groups is 1. The van der Waals surface area contributed by atoms with Gasteiger partial charge in [-0.25, -0.2) is 0 Å². The highest BCUT2D eigenvalue weighted by Crippen LogP contribution is 2.41. The van der Waals surface area contributed by atoms with Gasteiger partial charge in [0.1, 0.15) is 6.10 Å². The van der Waals surface area contributed by atoms with Crippen LogP contribution < -0.4 is 10.4 Å². The molecule has 4 nitrogen and oxygen atoms in total. The number of carbonyl (C=O) groups excluding carboxylic acids is 1. The van der Waals surface area contributed by atoms with E-state index in [1.165, 1.54) is 10.4 Å². The van der Waals surface area contributed by atoms with Gasteiger partial charge in [-0.15, -0.1) is 0 Å². The number of hydrogen-bond acceptors (Lipinski definition) is 4. The lowest BCUT2D eigenvalue weighted by Crippen LogP contribution is -2.69. The molecule has 0 amide bonds. The van der Waals surface area contributed by atoms with Gasteiger partial charge >= 0.3 is 0 Å². The lowest BCUT2D eigenvalue weighted by Gasteiger charge is -2.47. The number of rotatable bonds is 4. The normalized spacial score (nSPS) is 22.2. The summed E-state index contributed by atoms with van der Waals surface area (Å²) in [5.41, 5.74) is 0. The van der Waals surface area contributed by atoms with E-state index in [0.717, 1.165) is 0 Å². The molecule has 29 heavy (non-hydrogen) atoms. The zero-order chi connectivity index (χ0) is 20.5. The van der Waals surface area contributed by atoms with Crippen LogP contribution in [-0.2, 0) is 18.7 Å². The first-order chi connectivity index (χ1) is 13.9. The highest BCUT2D eigenvalue weighted by atomic mass is 28.4. The summed E-state index contributed by atoms with van der Waals surface area (Å²) >= 11 is 0. The third-order valence-electron chi connectivity index (χ3n) is 6.16. The topological polar surface area (TPSA) is 44.8 Å². The molecule has 5 heteroatoms. The summed E-state index contributed by atoms with van der Waals surface area (Å²) < 4.78 is 18.9. The number of ketones is 1. The summed E-state index contributed by atoms with van der Waals surface area (Å²) in [6.45, 7) is 7.85. The molecule has 0 bridgehead atoms. The van der Waals surface area contributed by atoms with Gasteiger partial charge in [0.2, 0.25) is 0 Å². The standard InChI is InChI=1S/C24H30O4Si/c1-23(2,3)29(19-10-6-4-7-11-19,20-12-8-5-9-13-20)28-22-18-24(15-14-21(22)25)26-16-17-27-24/h4-13,22H,14-18H2,1-3H3. The maximum atomic E-state index is 13.0. The summed E-state index contributed by atoms with van der Waals surface area (Å²) in [5.74, 6) is -0.507. The average Bonchev–Trinajstić information content (AvgIpc) is 3.17. The van der Waals surface area contributed by atoms with Crippen LogP contribution in [0.25, 0.3) is 0 Å². The zero-order valence-electron chi connectivity index (χ0n) is 17.5. The van der Waals surface area contributed by atoms with Gasteiger partial charge in [0, 0.05) is 19.3 Å². The third-order valence-corrected chi connectivity index (χ3v) is 11.2. The van der Waals surface area contributed by atoms with Gasteiger partial charge in [0.25, 0.3) is 8.32 Å². The van der Waals surface area contributed by atoms with Crippen molar-refractivity contribution in [3.05, 3.63) is 60.7 Å². The first-order valence-corrected chi connectivity index (χ1v) is 12.4. The van der Waals surface area contributed by atoms with Crippen molar-refractivity contribution in [1.29, 1.82) is 0 Å². The van der Waals surface area contributed by atoms with E-state index in [1.807, 2.05) is 12.1 Å². The van der Waals surface area contributed by atoms with Crippen molar-refractivity contribution in [3.63, 3.8) is 0 Å². The second-order valence-corrected chi connectivity index (χ2v) is 13.3. The SMILES string of the molecule is CC(C)(C)[Si](OC1CC2(CCC1=O)OCCO2)(c1ccccc1)c1ccccc1. The van der Waals surface area contributed by atoms with Crippen LogP contribution >= 0.6 is 0 Å². The third kappa shape index (κ3) is 3.73. The van der Waals surface area contributed by atoms with Crippen LogP contribution in [-0.4, -0.2) is 39.2 Å². The Hall–Kier alpha value is -1.79. The lowest BCUT2D eigenvalue weighted by molar-refractivity contribution is -0.194. The minimum Gasteiger partial charge on any atom is -0.397 e. The molecule has 1 saturated heterocycles. The Balaban J connectivity index is 1.81. The van der Waals surface area contributed by atoms with Gasteiger partial charge in [-0.05, 0) is 15.4 Å². The van der Waals surface area contributed by atoms with Gasteiger partial charge in [-0.1, -0.05) is 81.4 Å². The molecule has 1 saturated carbocycles. The molecule has 154 valence electrons. The Labute approximate surface area is 174 Å². The summed E-state index contributed by atoms with van der Waals surface area (Å²) in [5, 5.41) is 2.19. The van der Waals surface area contributed by atoms with Gasteiger partial charge in [0.05, 0.1) is 13.2 Å². The summed E-state index contributed by atoms with van der Waals surface area (Å²) in [4.78, 5) is 13.0. The van der Waals surface area contributed by atoms with E-state index in [0.29, 0.717) is 32.5 Å². The van der Waals surface area contributed by atoms with Crippen LogP contribution in [0.1, 0.15) is 40.0 Å². The van der Waals surface area contributed by atoms with E-state index in [-0.39, 0.29) is 10.8 Å². The smallest absolute Gasteiger partial charge is 0.262 e. The van der Waals surface area contributed by atoms with E-state index in [4.69, 9.17) is 13.9 Å². The molecule has 1 aliphatic carbocycles. The van der Waals surface area contributed by atoms with Crippen molar-refractivity contribution in [2.45, 2.75) is 57.0 Å². The van der Waals surface area contributed by atoms with E-state index in [9.17, 15) is 4.79 Å². The zero-order valence-corrected chi connectivity index (χ0v) is 18.5. The lowest BCUT2D eigenvalue weighted by atomic mass is 9.91. The summed E-state index contributed by atoms with van der Waals surface area (Å²) in [6.07, 6.45) is 0.999. The maximum Gasteiger partial charge on any atom is 0.262 e. The number of hydrogen-bond donors (Lipinski definition) is 0. The molecule has 2 aliphatic rings. The maximum absolute atomic E-state index is 13.0. The molecule has 2 aromatic carbocycles. The second-order valence-electron chi connectivity index (χ2n) is 9.05. The van der Waals surface area contributed by atoms with E-state index in [2.05, 4.69) is 69.3 Å². The van der Waals surface area contributed by atoms with Crippen LogP contribution in [0.5, 0.6) is 0 Å². The van der Waals surface area contributed by atoms with Crippen molar-refractivity contribution >= 4 is 24.5 Å². The number of ether oxygens (including phenoxy) is 2. The average molecular weight is 411 g/mol. The predicted molar refractivity (Wildman–Crippen MR) is 116 cm³/mol. The summed E-state index contributed by atoms with van der Waals surface area (Å²) in [7, 11) is -2.78. The van der Waals surface area contributed by atoms with Crippen LogP contribution in [0, 0.1) is 0 Å². The van der Waals surface area contributed by atoms with Crippen LogP contribution in [0.2, 0.25) is 5.04 Å². The molecule has 2 aromatic rings. The number of Topliss-reactive ketones (excluding diaryl/α,β-unsaturated/α-hetero) is 1. The van der Waals surface area contributed by atoms with Gasteiger partial charge in [-0.3, -0.25) is 4.79 Å². The highest BCUT2D eigenvalue weighted by Gasteiger charge is 2.54. The van der Waals surface area contributed by atoms with Gasteiger partial charge in [0.15, 0.2) is 11.6 Å². The summed E-state index contributed by atoms with van der Waals surface area (Å²) in [6, 6.07) is 20.9. The molecule has 0 aromatic heterocycles. The Kier molecular flexibility index (Phi) is 5.51. The Morgan fingerprint density at radius 2 is 1.45 bits per heavy atom. The van der Waals surface area contributed by atoms with Crippen LogP contribution in [0.3, 0.4) is 0 Å².